The predicted molar refractivity (Wildman–Crippen MR) is 111 cm³/mol. The van der Waals surface area contributed by atoms with E-state index in [0.29, 0.717) is 29.3 Å². The van der Waals surface area contributed by atoms with Gasteiger partial charge in [0, 0.05) is 12.1 Å². The molecule has 1 heterocycles. The van der Waals surface area contributed by atoms with Crippen molar-refractivity contribution in [2.24, 2.45) is 5.92 Å². The van der Waals surface area contributed by atoms with Crippen LogP contribution in [-0.4, -0.2) is 24.3 Å². The Kier molecular flexibility index (Phi) is 7.21. The highest BCUT2D eigenvalue weighted by Gasteiger charge is 2.17. The first-order chi connectivity index (χ1) is 14.4. The van der Waals surface area contributed by atoms with Crippen LogP contribution in [0, 0.1) is 18.7 Å². The smallest absolute Gasteiger partial charge is 0.259 e. The lowest BCUT2D eigenvalue weighted by molar-refractivity contribution is -0.124. The van der Waals surface area contributed by atoms with Gasteiger partial charge in [0.15, 0.2) is 0 Å². The maximum atomic E-state index is 14.1. The maximum absolute atomic E-state index is 14.1. The van der Waals surface area contributed by atoms with E-state index in [-0.39, 0.29) is 18.1 Å². The summed E-state index contributed by atoms with van der Waals surface area (Å²) in [6.07, 6.45) is 7.46. The number of benzene rings is 1. The van der Waals surface area contributed by atoms with Crippen molar-refractivity contribution < 1.29 is 23.2 Å². The molecule has 1 aromatic carbocycles. The van der Waals surface area contributed by atoms with Gasteiger partial charge in [-0.3, -0.25) is 14.4 Å². The molecule has 0 spiro atoms. The molecule has 3 rings (SSSR count). The van der Waals surface area contributed by atoms with E-state index in [1.165, 1.54) is 50.1 Å². The summed E-state index contributed by atoms with van der Waals surface area (Å²) in [5.41, 5.74) is 0.531. The fourth-order valence-corrected chi connectivity index (χ4v) is 3.62. The lowest BCUT2D eigenvalue weighted by Gasteiger charge is -2.11. The molecule has 0 bridgehead atoms. The van der Waals surface area contributed by atoms with Crippen LogP contribution in [0.15, 0.2) is 34.9 Å². The number of aryl methyl sites for hydroxylation is 1. The SMILES string of the molecule is Cc1occc1C(=O)Nc1cc(NC(=O)CNC(=O)CCC2CCCC2)ccc1F. The Balaban J connectivity index is 1.49. The number of amides is 3. The standard InChI is InChI=1S/C22H26FN3O4/c1-14-17(10-11-30-14)22(29)26-19-12-16(7-8-18(19)23)25-21(28)13-24-20(27)9-6-15-4-2-3-5-15/h7-8,10-12,15H,2-6,9,13H2,1H3,(H,24,27)(H,25,28)(H,26,29). The second kappa shape index (κ2) is 10.0. The van der Waals surface area contributed by atoms with Gasteiger partial charge in [-0.1, -0.05) is 25.7 Å². The molecule has 8 heteroatoms. The van der Waals surface area contributed by atoms with Crippen LogP contribution in [-0.2, 0) is 9.59 Å². The number of hydrogen-bond donors (Lipinski definition) is 3. The second-order valence-corrected chi connectivity index (χ2v) is 7.55. The fourth-order valence-electron chi connectivity index (χ4n) is 3.62. The third kappa shape index (κ3) is 5.92. The van der Waals surface area contributed by atoms with Crippen molar-refractivity contribution in [2.75, 3.05) is 17.2 Å². The summed E-state index contributed by atoms with van der Waals surface area (Å²) in [4.78, 5) is 36.3. The Morgan fingerprint density at radius 3 is 2.57 bits per heavy atom. The van der Waals surface area contributed by atoms with E-state index < -0.39 is 17.6 Å². The molecule has 30 heavy (non-hydrogen) atoms. The highest BCUT2D eigenvalue weighted by molar-refractivity contribution is 6.05. The van der Waals surface area contributed by atoms with Crippen LogP contribution in [0.1, 0.15) is 54.6 Å². The van der Waals surface area contributed by atoms with Gasteiger partial charge in [-0.25, -0.2) is 4.39 Å². The van der Waals surface area contributed by atoms with Crippen molar-refractivity contribution in [3.8, 4) is 0 Å². The van der Waals surface area contributed by atoms with Crippen LogP contribution in [0.25, 0.3) is 0 Å². The van der Waals surface area contributed by atoms with Gasteiger partial charge in [-0.15, -0.1) is 0 Å². The normalized spacial score (nSPS) is 13.8. The van der Waals surface area contributed by atoms with E-state index >= 15 is 0 Å². The summed E-state index contributed by atoms with van der Waals surface area (Å²) in [6.45, 7) is 1.46. The third-order valence-corrected chi connectivity index (χ3v) is 5.30. The highest BCUT2D eigenvalue weighted by atomic mass is 19.1. The van der Waals surface area contributed by atoms with Crippen molar-refractivity contribution in [3.63, 3.8) is 0 Å². The molecule has 1 aliphatic rings. The molecule has 2 aromatic rings. The molecule has 3 N–H and O–H groups in total. The summed E-state index contributed by atoms with van der Waals surface area (Å²) < 4.78 is 19.1. The van der Waals surface area contributed by atoms with Crippen LogP contribution in [0.2, 0.25) is 0 Å². The molecule has 1 aliphatic carbocycles. The summed E-state index contributed by atoms with van der Waals surface area (Å²) in [7, 11) is 0. The van der Waals surface area contributed by atoms with Crippen molar-refractivity contribution in [2.45, 2.75) is 45.4 Å². The van der Waals surface area contributed by atoms with Crippen LogP contribution in [0.3, 0.4) is 0 Å². The van der Waals surface area contributed by atoms with Crippen LogP contribution in [0.5, 0.6) is 0 Å². The average Bonchev–Trinajstić information content (AvgIpc) is 3.39. The van der Waals surface area contributed by atoms with E-state index in [0.717, 1.165) is 12.5 Å². The summed E-state index contributed by atoms with van der Waals surface area (Å²) in [5, 5.41) is 7.66. The topological polar surface area (TPSA) is 100 Å². The Morgan fingerprint density at radius 2 is 1.87 bits per heavy atom. The largest absolute Gasteiger partial charge is 0.469 e. The highest BCUT2D eigenvalue weighted by Crippen LogP contribution is 2.28. The number of hydrogen-bond acceptors (Lipinski definition) is 4. The minimum atomic E-state index is -0.636. The van der Waals surface area contributed by atoms with E-state index in [1.54, 1.807) is 6.92 Å². The number of halogens is 1. The van der Waals surface area contributed by atoms with Gasteiger partial charge in [0.1, 0.15) is 11.6 Å². The van der Waals surface area contributed by atoms with E-state index in [2.05, 4.69) is 16.0 Å². The Labute approximate surface area is 174 Å². The van der Waals surface area contributed by atoms with Gasteiger partial charge < -0.3 is 20.4 Å². The zero-order valence-corrected chi connectivity index (χ0v) is 16.9. The average molecular weight is 415 g/mol. The van der Waals surface area contributed by atoms with Gasteiger partial charge in [-0.05, 0) is 43.5 Å². The van der Waals surface area contributed by atoms with Crippen molar-refractivity contribution >= 4 is 29.1 Å². The Morgan fingerprint density at radius 1 is 1.10 bits per heavy atom. The molecular weight excluding hydrogens is 389 g/mol. The van der Waals surface area contributed by atoms with Crippen LogP contribution in [0.4, 0.5) is 15.8 Å². The quantitative estimate of drug-likeness (QED) is 0.607. The molecule has 1 aromatic heterocycles. The molecule has 0 aliphatic heterocycles. The number of nitrogens with one attached hydrogen (secondary N) is 3. The number of carbonyl (C=O) groups is 3. The van der Waals surface area contributed by atoms with Gasteiger partial charge >= 0.3 is 0 Å². The van der Waals surface area contributed by atoms with Crippen molar-refractivity contribution in [1.82, 2.24) is 5.32 Å². The Hall–Kier alpha value is -3.16. The minimum absolute atomic E-state index is 0.0704. The zero-order valence-electron chi connectivity index (χ0n) is 16.9. The van der Waals surface area contributed by atoms with Crippen molar-refractivity contribution in [3.05, 3.63) is 47.7 Å². The number of anilines is 2. The van der Waals surface area contributed by atoms with Gasteiger partial charge in [0.05, 0.1) is 24.1 Å². The van der Waals surface area contributed by atoms with Gasteiger partial charge in [0.25, 0.3) is 5.91 Å². The molecular formula is C22H26FN3O4. The molecule has 1 saturated carbocycles. The van der Waals surface area contributed by atoms with Crippen LogP contribution >= 0.6 is 0 Å². The molecule has 0 saturated heterocycles. The number of carbonyl (C=O) groups excluding carboxylic acids is 3. The first-order valence-electron chi connectivity index (χ1n) is 10.1. The molecule has 3 amide bonds. The Bertz CT molecular complexity index is 919. The first kappa shape index (κ1) is 21.5. The second-order valence-electron chi connectivity index (χ2n) is 7.55. The molecule has 160 valence electrons. The maximum Gasteiger partial charge on any atom is 0.259 e. The first-order valence-corrected chi connectivity index (χ1v) is 10.1. The predicted octanol–water partition coefficient (Wildman–Crippen LogP) is 4.00. The number of furan rings is 1. The molecule has 1 fully saturated rings. The lowest BCUT2D eigenvalue weighted by atomic mass is 10.0. The molecule has 0 atom stereocenters. The fraction of sp³-hybridized carbons (Fsp3) is 0.409. The van der Waals surface area contributed by atoms with E-state index in [1.807, 2.05) is 0 Å². The monoisotopic (exact) mass is 415 g/mol. The number of rotatable bonds is 8. The molecule has 0 unspecified atom stereocenters. The zero-order chi connectivity index (χ0) is 21.5. The van der Waals surface area contributed by atoms with E-state index in [4.69, 9.17) is 4.42 Å². The lowest BCUT2D eigenvalue weighted by Crippen LogP contribution is -2.32. The van der Waals surface area contributed by atoms with Crippen LogP contribution < -0.4 is 16.0 Å². The third-order valence-electron chi connectivity index (χ3n) is 5.30. The summed E-state index contributed by atoms with van der Waals surface area (Å²) in [5.74, 6) is -0.705. The van der Waals surface area contributed by atoms with Gasteiger partial charge in [-0.2, -0.15) is 0 Å². The minimum Gasteiger partial charge on any atom is -0.469 e. The molecule has 0 radical (unpaired) electrons. The summed E-state index contributed by atoms with van der Waals surface area (Å²) >= 11 is 0. The molecule has 7 nitrogen and oxygen atoms in total. The van der Waals surface area contributed by atoms with Gasteiger partial charge in [0.2, 0.25) is 11.8 Å². The van der Waals surface area contributed by atoms with Crippen molar-refractivity contribution in [1.29, 1.82) is 0 Å². The summed E-state index contributed by atoms with van der Waals surface area (Å²) in [6, 6.07) is 5.34. The van der Waals surface area contributed by atoms with E-state index in [9.17, 15) is 18.8 Å².